The van der Waals surface area contributed by atoms with Gasteiger partial charge in [0.2, 0.25) is 5.82 Å². The summed E-state index contributed by atoms with van der Waals surface area (Å²) in [7, 11) is 2.06. The number of benzene rings is 2. The molecule has 10 nitrogen and oxygen atoms in total. The molecule has 2 aromatic heterocycles. The van der Waals surface area contributed by atoms with Gasteiger partial charge in [-0.2, -0.15) is 10.1 Å². The molecule has 2 fully saturated rings. The van der Waals surface area contributed by atoms with Gasteiger partial charge in [0.1, 0.15) is 0 Å². The fourth-order valence-electron chi connectivity index (χ4n) is 4.67. The van der Waals surface area contributed by atoms with Crippen molar-refractivity contribution in [2.24, 2.45) is 0 Å². The Balaban J connectivity index is 1.16. The summed E-state index contributed by atoms with van der Waals surface area (Å²) < 4.78 is 26.9. The topological polar surface area (TPSA) is 98.7 Å². The van der Waals surface area contributed by atoms with E-state index in [4.69, 9.17) is 9.26 Å². The van der Waals surface area contributed by atoms with Gasteiger partial charge in [-0.25, -0.2) is 9.40 Å². The van der Waals surface area contributed by atoms with E-state index in [0.717, 1.165) is 35.1 Å². The lowest BCUT2D eigenvalue weighted by Crippen LogP contribution is -2.51. The summed E-state index contributed by atoms with van der Waals surface area (Å²) in [6.07, 6.45) is 0. The third-order valence-corrected chi connectivity index (χ3v) is 7.15. The SMILES string of the molecule is Cc1cc(-c2nc(-c3ccc(C4(F)COC4)cc3)no2)nn1Cc1cccc(N([O-])N2CCN(C)CC2)c1. The summed E-state index contributed by atoms with van der Waals surface area (Å²) in [5.41, 5.74) is 2.94. The molecule has 198 valence electrons. The quantitative estimate of drug-likeness (QED) is 0.340. The Labute approximate surface area is 219 Å². The van der Waals surface area contributed by atoms with Crippen LogP contribution in [-0.2, 0) is 17.0 Å². The zero-order valence-corrected chi connectivity index (χ0v) is 21.4. The summed E-state index contributed by atoms with van der Waals surface area (Å²) in [6.45, 7) is 5.74. The highest BCUT2D eigenvalue weighted by molar-refractivity contribution is 5.58. The lowest BCUT2D eigenvalue weighted by molar-refractivity contribution is -0.135. The van der Waals surface area contributed by atoms with E-state index in [1.165, 1.54) is 0 Å². The van der Waals surface area contributed by atoms with Crippen LogP contribution in [0.1, 0.15) is 16.8 Å². The molecule has 2 aliphatic heterocycles. The minimum atomic E-state index is -1.42. The highest BCUT2D eigenvalue weighted by atomic mass is 19.1. The number of aromatic nitrogens is 4. The summed E-state index contributed by atoms with van der Waals surface area (Å²) in [4.78, 5) is 6.72. The maximum Gasteiger partial charge on any atom is 0.278 e. The molecule has 0 bridgehead atoms. The lowest BCUT2D eigenvalue weighted by atomic mass is 9.93. The summed E-state index contributed by atoms with van der Waals surface area (Å²) in [6, 6.07) is 16.5. The van der Waals surface area contributed by atoms with Gasteiger partial charge >= 0.3 is 0 Å². The van der Waals surface area contributed by atoms with Crippen LogP contribution < -0.4 is 5.17 Å². The highest BCUT2D eigenvalue weighted by Gasteiger charge is 2.40. The predicted molar refractivity (Wildman–Crippen MR) is 140 cm³/mol. The van der Waals surface area contributed by atoms with E-state index in [9.17, 15) is 9.60 Å². The molecular weight excluding hydrogens is 489 g/mol. The van der Waals surface area contributed by atoms with E-state index in [1.807, 2.05) is 46.9 Å². The molecule has 0 saturated carbocycles. The first-order valence-corrected chi connectivity index (χ1v) is 12.6. The van der Waals surface area contributed by atoms with E-state index in [-0.39, 0.29) is 13.2 Å². The number of rotatable bonds is 7. The number of hydrogen-bond donors (Lipinski definition) is 0. The molecule has 2 saturated heterocycles. The number of ether oxygens (including phenoxy) is 1. The molecule has 0 atom stereocenters. The normalized spacial score (nSPS) is 17.9. The third kappa shape index (κ3) is 4.81. The van der Waals surface area contributed by atoms with E-state index < -0.39 is 5.67 Å². The minimum absolute atomic E-state index is 0.0798. The number of aryl methyl sites for hydroxylation is 1. The van der Waals surface area contributed by atoms with Gasteiger partial charge in [0, 0.05) is 43.1 Å². The van der Waals surface area contributed by atoms with Crippen molar-refractivity contribution in [3.8, 4) is 23.0 Å². The fourth-order valence-corrected chi connectivity index (χ4v) is 4.67. The first kappa shape index (κ1) is 24.7. The van der Waals surface area contributed by atoms with Gasteiger partial charge < -0.3 is 24.5 Å². The minimum Gasteiger partial charge on any atom is -0.743 e. The Hall–Kier alpha value is -3.64. The van der Waals surface area contributed by atoms with Gasteiger partial charge in [0.25, 0.3) is 5.89 Å². The van der Waals surface area contributed by atoms with Crippen LogP contribution in [-0.4, -0.2) is 76.3 Å². The Morgan fingerprint density at radius 3 is 2.53 bits per heavy atom. The average molecular weight is 519 g/mol. The Bertz CT molecular complexity index is 1410. The van der Waals surface area contributed by atoms with Crippen LogP contribution in [0.4, 0.5) is 10.1 Å². The number of likely N-dealkylation sites (N-methyl/N-ethyl adjacent to an activating group) is 1. The zero-order chi connectivity index (χ0) is 26.3. The van der Waals surface area contributed by atoms with Crippen LogP contribution in [0.3, 0.4) is 0 Å². The maximum atomic E-state index is 14.5. The first-order chi connectivity index (χ1) is 18.4. The van der Waals surface area contributed by atoms with Crippen LogP contribution in [0, 0.1) is 12.1 Å². The number of nitrogens with zero attached hydrogens (tertiary/aromatic N) is 7. The third-order valence-electron chi connectivity index (χ3n) is 7.15. The maximum absolute atomic E-state index is 14.5. The van der Waals surface area contributed by atoms with Crippen molar-refractivity contribution in [3.05, 3.63) is 76.6 Å². The second-order valence-electron chi connectivity index (χ2n) is 9.99. The van der Waals surface area contributed by atoms with Gasteiger partial charge in [-0.3, -0.25) is 4.68 Å². The zero-order valence-electron chi connectivity index (χ0n) is 21.4. The Morgan fingerprint density at radius 2 is 1.82 bits per heavy atom. The summed E-state index contributed by atoms with van der Waals surface area (Å²) >= 11 is 0. The molecule has 2 aromatic carbocycles. The van der Waals surface area contributed by atoms with E-state index in [0.29, 0.717) is 48.3 Å². The molecular formula is C27H29FN7O3-. The second-order valence-corrected chi connectivity index (χ2v) is 9.99. The Morgan fingerprint density at radius 1 is 1.05 bits per heavy atom. The molecule has 11 heteroatoms. The van der Waals surface area contributed by atoms with Gasteiger partial charge in [-0.05, 0) is 43.3 Å². The van der Waals surface area contributed by atoms with Crippen molar-refractivity contribution in [1.29, 1.82) is 0 Å². The van der Waals surface area contributed by atoms with Gasteiger partial charge in [0.15, 0.2) is 11.4 Å². The largest absolute Gasteiger partial charge is 0.743 e. The highest BCUT2D eigenvalue weighted by Crippen LogP contribution is 2.34. The van der Waals surface area contributed by atoms with Crippen LogP contribution in [0.2, 0.25) is 0 Å². The molecule has 0 radical (unpaired) electrons. The molecule has 0 spiro atoms. The van der Waals surface area contributed by atoms with Crippen molar-refractivity contribution in [3.63, 3.8) is 0 Å². The van der Waals surface area contributed by atoms with Crippen molar-refractivity contribution < 1.29 is 13.7 Å². The van der Waals surface area contributed by atoms with Crippen molar-refractivity contribution in [1.82, 2.24) is 29.8 Å². The molecule has 0 N–H and O–H groups in total. The number of anilines is 1. The van der Waals surface area contributed by atoms with E-state index in [2.05, 4.69) is 27.2 Å². The number of piperazine rings is 1. The predicted octanol–water partition coefficient (Wildman–Crippen LogP) is 3.62. The summed E-state index contributed by atoms with van der Waals surface area (Å²) in [5.74, 6) is 0.707. The van der Waals surface area contributed by atoms with Gasteiger partial charge in [-0.1, -0.05) is 41.6 Å². The molecule has 0 unspecified atom stereocenters. The van der Waals surface area contributed by atoms with Crippen molar-refractivity contribution in [2.45, 2.75) is 19.1 Å². The second kappa shape index (κ2) is 9.91. The van der Waals surface area contributed by atoms with Gasteiger partial charge in [-0.15, -0.1) is 0 Å². The fraction of sp³-hybridized carbons (Fsp3) is 0.370. The van der Waals surface area contributed by atoms with Gasteiger partial charge in [0.05, 0.1) is 19.8 Å². The smallest absolute Gasteiger partial charge is 0.278 e. The number of alkyl halides is 1. The molecule has 0 amide bonds. The van der Waals surface area contributed by atoms with Crippen molar-refractivity contribution in [2.75, 3.05) is 51.6 Å². The molecule has 4 heterocycles. The monoisotopic (exact) mass is 518 g/mol. The average Bonchev–Trinajstić information content (AvgIpc) is 3.55. The lowest BCUT2D eigenvalue weighted by Gasteiger charge is -2.45. The van der Waals surface area contributed by atoms with E-state index in [1.54, 1.807) is 24.3 Å². The molecule has 2 aliphatic rings. The van der Waals surface area contributed by atoms with Crippen LogP contribution in [0.5, 0.6) is 0 Å². The number of hydrogen-bond acceptors (Lipinski definition) is 9. The van der Waals surface area contributed by atoms with E-state index >= 15 is 0 Å². The molecule has 6 rings (SSSR count). The number of halogens is 1. The number of hydrazine groups is 1. The Kier molecular flexibility index (Phi) is 6.44. The standard InChI is InChI=1S/C27H29FN7O3/c1-19-14-24(26-29-25(31-38-26)21-6-8-22(9-7-21)27(28)17-37-18-27)30-34(19)16-20-4-3-5-23(15-20)35(36)33-12-10-32(2)11-13-33/h3-9,14-15H,10-13,16-18H2,1-2H3/q-1. The van der Waals surface area contributed by atoms with Crippen LogP contribution >= 0.6 is 0 Å². The summed E-state index contributed by atoms with van der Waals surface area (Å²) in [5, 5.41) is 24.5. The van der Waals surface area contributed by atoms with Crippen LogP contribution in [0.15, 0.2) is 59.1 Å². The molecule has 0 aliphatic carbocycles. The molecule has 4 aromatic rings. The first-order valence-electron chi connectivity index (χ1n) is 12.6. The van der Waals surface area contributed by atoms with Crippen LogP contribution in [0.25, 0.3) is 23.0 Å². The molecule has 38 heavy (non-hydrogen) atoms. The van der Waals surface area contributed by atoms with Crippen molar-refractivity contribution >= 4 is 5.69 Å².